The Bertz CT molecular complexity index is 1540. The van der Waals surface area contributed by atoms with E-state index in [0.717, 1.165) is 96.3 Å². The first kappa shape index (κ1) is 75.2. The molecule has 78 heavy (non-hydrogen) atoms. The van der Waals surface area contributed by atoms with Crippen LogP contribution >= 0.6 is 7.82 Å². The molecule has 0 aromatic rings. The third-order valence-electron chi connectivity index (χ3n) is 13.9. The molecule has 0 aliphatic heterocycles. The molecule has 11 nitrogen and oxygen atoms in total. The van der Waals surface area contributed by atoms with E-state index in [0.29, 0.717) is 19.3 Å². The molecule has 0 bridgehead atoms. The summed E-state index contributed by atoms with van der Waals surface area (Å²) in [6, 6.07) is 0. The number of phosphoric acid groups is 1. The number of carbonyl (C=O) groups is 3. The molecule has 0 radical (unpaired) electrons. The molecule has 0 saturated carbocycles. The first-order valence-electron chi connectivity index (χ1n) is 32.2. The van der Waals surface area contributed by atoms with Crippen LogP contribution in [0.15, 0.2) is 60.8 Å². The Labute approximate surface area is 478 Å². The van der Waals surface area contributed by atoms with Crippen LogP contribution in [0, 0.1) is 0 Å². The maximum atomic E-state index is 12.9. The molecule has 3 unspecified atom stereocenters. The van der Waals surface area contributed by atoms with Crippen molar-refractivity contribution in [3.8, 4) is 0 Å². The minimum absolute atomic E-state index is 0.140. The Morgan fingerprint density at radius 3 is 1.04 bits per heavy atom. The second-order valence-corrected chi connectivity index (χ2v) is 23.0. The number of hydrogen-bond acceptors (Lipinski definition) is 10. The molecule has 0 aliphatic rings. The normalized spacial score (nSPS) is 13.7. The van der Waals surface area contributed by atoms with Gasteiger partial charge in [0, 0.05) is 19.3 Å². The third kappa shape index (κ3) is 57.9. The zero-order valence-corrected chi connectivity index (χ0v) is 51.3. The largest absolute Gasteiger partial charge is 0.472 e. The van der Waals surface area contributed by atoms with Crippen LogP contribution in [-0.2, 0) is 42.2 Å². The number of carbonyl (C=O) groups excluding carboxylic acids is 3. The number of unbranched alkanes of at least 4 members (excludes halogenated alkanes) is 33. The zero-order valence-electron chi connectivity index (χ0n) is 50.4. The number of allylic oxidation sites excluding steroid dienone is 10. The second-order valence-electron chi connectivity index (χ2n) is 21.6. The molecule has 0 aromatic carbocycles. The van der Waals surface area contributed by atoms with Crippen molar-refractivity contribution in [2.24, 2.45) is 0 Å². The van der Waals surface area contributed by atoms with E-state index in [9.17, 15) is 28.9 Å². The standard InChI is InChI=1S/C66H119O11P/c1-4-7-10-13-16-19-22-25-28-31-34-37-40-43-46-49-52-55-64(68)73-59-63(77-66(70)57-54-51-48-45-42-39-36-33-30-27-24-21-18-15-12-9-6-3)61-75-78(71,72)74-60-62(58-67)76-65(69)56-53-50-47-44-41-38-35-32-29-26-23-20-17-14-11-8-5-2/h9,12,18,21,25,27-28,30,36,39,62-63,67H,4-8,10-11,13-17,19-20,22-24,26,29,31-35,37-38,40-61H2,1-3H3,(H,71,72)/b12-9-,21-18-,28-25-,30-27-,39-36-. The number of esters is 3. The molecular weight excluding hydrogens is 1000 g/mol. The van der Waals surface area contributed by atoms with Crippen LogP contribution in [0.5, 0.6) is 0 Å². The Balaban J connectivity index is 4.70. The van der Waals surface area contributed by atoms with Crippen molar-refractivity contribution < 1.29 is 52.2 Å². The summed E-state index contributed by atoms with van der Waals surface area (Å²) in [5.41, 5.74) is 0. The van der Waals surface area contributed by atoms with Crippen LogP contribution in [0.4, 0.5) is 0 Å². The molecule has 0 saturated heterocycles. The highest BCUT2D eigenvalue weighted by Gasteiger charge is 2.28. The molecular formula is C66H119O11P. The van der Waals surface area contributed by atoms with Gasteiger partial charge in [-0.15, -0.1) is 0 Å². The van der Waals surface area contributed by atoms with E-state index in [4.69, 9.17) is 23.3 Å². The Kier molecular flexibility index (Phi) is 58.1. The monoisotopic (exact) mass is 1120 g/mol. The maximum Gasteiger partial charge on any atom is 0.472 e. The smallest absolute Gasteiger partial charge is 0.462 e. The predicted octanol–water partition coefficient (Wildman–Crippen LogP) is 19.5. The fraction of sp³-hybridized carbons (Fsp3) is 0.803. The van der Waals surface area contributed by atoms with Gasteiger partial charge < -0.3 is 24.2 Å². The molecule has 0 heterocycles. The minimum Gasteiger partial charge on any atom is -0.462 e. The van der Waals surface area contributed by atoms with Gasteiger partial charge in [-0.1, -0.05) is 261 Å². The first-order valence-corrected chi connectivity index (χ1v) is 33.7. The number of phosphoric ester groups is 1. The first-order chi connectivity index (χ1) is 38.2. The van der Waals surface area contributed by atoms with E-state index in [-0.39, 0.29) is 25.9 Å². The van der Waals surface area contributed by atoms with Gasteiger partial charge in [0.15, 0.2) is 6.10 Å². The molecule has 0 amide bonds. The number of aliphatic hydroxyl groups excluding tert-OH is 1. The molecule has 3 atom stereocenters. The average Bonchev–Trinajstić information content (AvgIpc) is 3.43. The highest BCUT2D eigenvalue weighted by Crippen LogP contribution is 2.43. The Morgan fingerprint density at radius 2 is 0.667 bits per heavy atom. The van der Waals surface area contributed by atoms with Crippen LogP contribution in [0.2, 0.25) is 0 Å². The second kappa shape index (κ2) is 60.3. The third-order valence-corrected chi connectivity index (χ3v) is 14.9. The highest BCUT2D eigenvalue weighted by atomic mass is 31.2. The SMILES string of the molecule is CC/C=C\C/C=C\C/C=C\C/C=C\CCCCCCC(=O)OC(COC(=O)CCCCCCCCC/C=C\CCCCCCCC)COP(=O)(O)OCC(CO)OC(=O)CCCCCCCCCCCCCCCCCCC. The van der Waals surface area contributed by atoms with E-state index in [1.165, 1.54) is 148 Å². The summed E-state index contributed by atoms with van der Waals surface area (Å²) in [5.74, 6) is -1.48. The average molecular weight is 1120 g/mol. The van der Waals surface area contributed by atoms with Gasteiger partial charge in [-0.25, -0.2) is 4.57 Å². The van der Waals surface area contributed by atoms with Gasteiger partial charge in [-0.05, 0) is 83.5 Å². The van der Waals surface area contributed by atoms with E-state index in [2.05, 4.69) is 81.5 Å². The van der Waals surface area contributed by atoms with Gasteiger partial charge in [0.25, 0.3) is 0 Å². The van der Waals surface area contributed by atoms with Crippen LogP contribution in [0.3, 0.4) is 0 Å². The molecule has 0 spiro atoms. The van der Waals surface area contributed by atoms with E-state index >= 15 is 0 Å². The topological polar surface area (TPSA) is 155 Å². The van der Waals surface area contributed by atoms with Crippen molar-refractivity contribution in [3.05, 3.63) is 60.8 Å². The lowest BCUT2D eigenvalue weighted by molar-refractivity contribution is -0.161. The van der Waals surface area contributed by atoms with E-state index in [1.54, 1.807) is 0 Å². The zero-order chi connectivity index (χ0) is 56.9. The minimum atomic E-state index is -4.76. The summed E-state index contributed by atoms with van der Waals surface area (Å²) in [6.45, 7) is 4.55. The lowest BCUT2D eigenvalue weighted by atomic mass is 10.0. The molecule has 0 aromatic heterocycles. The highest BCUT2D eigenvalue weighted by molar-refractivity contribution is 7.47. The summed E-state index contributed by atoms with van der Waals surface area (Å²) in [5, 5.41) is 9.85. The van der Waals surface area contributed by atoms with Gasteiger partial charge in [0.1, 0.15) is 12.7 Å². The lowest BCUT2D eigenvalue weighted by Crippen LogP contribution is -2.30. The van der Waals surface area contributed by atoms with Crippen LogP contribution in [0.25, 0.3) is 0 Å². The van der Waals surface area contributed by atoms with E-state index in [1.807, 2.05) is 0 Å². The van der Waals surface area contributed by atoms with E-state index < -0.39 is 57.8 Å². The molecule has 0 fully saturated rings. The van der Waals surface area contributed by atoms with Crippen molar-refractivity contribution >= 4 is 25.7 Å². The molecule has 2 N–H and O–H groups in total. The number of ether oxygens (including phenoxy) is 3. The fourth-order valence-electron chi connectivity index (χ4n) is 9.05. The molecule has 0 rings (SSSR count). The van der Waals surface area contributed by atoms with Crippen molar-refractivity contribution in [2.75, 3.05) is 26.4 Å². The van der Waals surface area contributed by atoms with Gasteiger partial charge in [0.05, 0.1) is 19.8 Å². The number of rotatable bonds is 60. The summed E-state index contributed by atoms with van der Waals surface area (Å²) in [7, 11) is -4.76. The number of aliphatic hydroxyl groups is 1. The Morgan fingerprint density at radius 1 is 0.372 bits per heavy atom. The van der Waals surface area contributed by atoms with Crippen molar-refractivity contribution in [1.29, 1.82) is 0 Å². The van der Waals surface area contributed by atoms with Crippen molar-refractivity contribution in [2.45, 2.75) is 315 Å². The predicted molar refractivity (Wildman–Crippen MR) is 325 cm³/mol. The maximum absolute atomic E-state index is 12.9. The van der Waals surface area contributed by atoms with Gasteiger partial charge in [0.2, 0.25) is 0 Å². The van der Waals surface area contributed by atoms with Crippen molar-refractivity contribution in [3.63, 3.8) is 0 Å². The molecule has 12 heteroatoms. The fourth-order valence-corrected chi connectivity index (χ4v) is 9.83. The van der Waals surface area contributed by atoms with Crippen molar-refractivity contribution in [1.82, 2.24) is 0 Å². The van der Waals surface area contributed by atoms with Crippen LogP contribution in [-0.4, -0.2) is 66.5 Å². The Hall–Kier alpha value is -2.82. The summed E-state index contributed by atoms with van der Waals surface area (Å²) < 4.78 is 39.7. The molecule has 0 aliphatic carbocycles. The summed E-state index contributed by atoms with van der Waals surface area (Å²) in [4.78, 5) is 48.7. The van der Waals surface area contributed by atoms with Crippen LogP contribution in [0.1, 0.15) is 303 Å². The lowest BCUT2D eigenvalue weighted by Gasteiger charge is -2.21. The summed E-state index contributed by atoms with van der Waals surface area (Å²) in [6.07, 6.45) is 67.4. The van der Waals surface area contributed by atoms with Gasteiger partial charge in [-0.3, -0.25) is 23.4 Å². The molecule has 454 valence electrons. The van der Waals surface area contributed by atoms with Gasteiger partial charge >= 0.3 is 25.7 Å². The summed E-state index contributed by atoms with van der Waals surface area (Å²) >= 11 is 0. The number of hydrogen-bond donors (Lipinski definition) is 2. The van der Waals surface area contributed by atoms with Crippen LogP contribution < -0.4 is 0 Å². The quantitative estimate of drug-likeness (QED) is 0.0197. The van der Waals surface area contributed by atoms with Gasteiger partial charge in [-0.2, -0.15) is 0 Å².